The molecule has 1 aliphatic heterocycles. The van der Waals surface area contributed by atoms with Crippen LogP contribution >= 0.6 is 8.60 Å². The summed E-state index contributed by atoms with van der Waals surface area (Å²) in [5, 5.41) is 0. The molecule has 1 heterocycles. The number of rotatable bonds is 2. The molecule has 1 aliphatic rings. The van der Waals surface area contributed by atoms with Crippen LogP contribution in [0, 0.1) is 5.92 Å². The van der Waals surface area contributed by atoms with Gasteiger partial charge in [0.25, 0.3) is 0 Å². The van der Waals surface area contributed by atoms with Crippen LogP contribution in [0.3, 0.4) is 0 Å². The van der Waals surface area contributed by atoms with Crippen molar-refractivity contribution in [2.45, 2.75) is 13.1 Å². The third kappa shape index (κ3) is 4.76. The Balaban J connectivity index is 2.16. The molecule has 0 aromatic rings. The minimum absolute atomic E-state index is 0.216. The van der Waals surface area contributed by atoms with Gasteiger partial charge in [-0.2, -0.15) is 13.2 Å². The summed E-state index contributed by atoms with van der Waals surface area (Å²) in [7, 11) is -1.78. The van der Waals surface area contributed by atoms with Gasteiger partial charge in [0.05, 0.1) is 13.2 Å². The predicted molar refractivity (Wildman–Crippen MR) is 40.0 cm³/mol. The average Bonchev–Trinajstić information content (AvgIpc) is 2.02. The monoisotopic (exact) mass is 218 g/mol. The molecule has 3 nitrogen and oxygen atoms in total. The molecule has 0 radical (unpaired) electrons. The summed E-state index contributed by atoms with van der Waals surface area (Å²) < 4.78 is 49.2. The maximum Gasteiger partial charge on any atom is 0.412 e. The first-order chi connectivity index (χ1) is 5.97. The summed E-state index contributed by atoms with van der Waals surface area (Å²) in [5.74, 6) is 0.216. The highest BCUT2D eigenvalue weighted by molar-refractivity contribution is 7.41. The standard InChI is InChI=1S/C6H10F3O3P/c1-5-2-10-13(11-3-5)12-4-6(7,8)9/h5H,2-4H2,1H3. The summed E-state index contributed by atoms with van der Waals surface area (Å²) in [6.45, 7) is 1.36. The van der Waals surface area contributed by atoms with Crippen LogP contribution < -0.4 is 0 Å². The van der Waals surface area contributed by atoms with Crippen molar-refractivity contribution >= 4 is 8.60 Å². The summed E-state index contributed by atoms with van der Waals surface area (Å²) >= 11 is 0. The quantitative estimate of drug-likeness (QED) is 0.666. The Kier molecular flexibility index (Phi) is 3.91. The molecule has 0 saturated carbocycles. The molecule has 0 bridgehead atoms. The van der Waals surface area contributed by atoms with E-state index in [-0.39, 0.29) is 5.92 Å². The Labute approximate surface area is 75.2 Å². The summed E-state index contributed by atoms with van der Waals surface area (Å²) in [4.78, 5) is 0. The Morgan fingerprint density at radius 2 is 1.92 bits per heavy atom. The van der Waals surface area contributed by atoms with E-state index in [1.54, 1.807) is 0 Å². The first kappa shape index (κ1) is 11.2. The van der Waals surface area contributed by atoms with Gasteiger partial charge in [-0.15, -0.1) is 0 Å². The Bertz CT molecular complexity index is 156. The van der Waals surface area contributed by atoms with Gasteiger partial charge in [-0.3, -0.25) is 0 Å². The lowest BCUT2D eigenvalue weighted by Crippen LogP contribution is -2.20. The zero-order valence-corrected chi connectivity index (χ0v) is 7.90. The zero-order valence-electron chi connectivity index (χ0n) is 7.00. The highest BCUT2D eigenvalue weighted by atomic mass is 31.2. The average molecular weight is 218 g/mol. The van der Waals surface area contributed by atoms with Crippen LogP contribution in [0.1, 0.15) is 6.92 Å². The second kappa shape index (κ2) is 4.55. The maximum atomic E-state index is 11.7. The van der Waals surface area contributed by atoms with Gasteiger partial charge in [0.15, 0.2) is 6.61 Å². The van der Waals surface area contributed by atoms with E-state index in [4.69, 9.17) is 9.05 Å². The summed E-state index contributed by atoms with van der Waals surface area (Å²) in [6, 6.07) is 0. The molecule has 0 amide bonds. The van der Waals surface area contributed by atoms with Crippen LogP contribution in [0.15, 0.2) is 0 Å². The molecule has 1 rings (SSSR count). The lowest BCUT2D eigenvalue weighted by Gasteiger charge is -2.25. The molecule has 0 spiro atoms. The first-order valence-electron chi connectivity index (χ1n) is 3.73. The second-order valence-electron chi connectivity index (χ2n) is 2.81. The second-order valence-corrected chi connectivity index (χ2v) is 4.03. The molecule has 78 valence electrons. The van der Waals surface area contributed by atoms with Crippen LogP contribution in [-0.2, 0) is 13.6 Å². The van der Waals surface area contributed by atoms with Gasteiger partial charge in [0.2, 0.25) is 0 Å². The molecule has 0 unspecified atom stereocenters. The fourth-order valence-corrected chi connectivity index (χ4v) is 1.89. The minimum Gasteiger partial charge on any atom is -0.312 e. The molecule has 1 fully saturated rings. The third-order valence-corrected chi connectivity index (χ3v) is 2.32. The van der Waals surface area contributed by atoms with E-state index in [0.29, 0.717) is 13.2 Å². The van der Waals surface area contributed by atoms with E-state index < -0.39 is 21.4 Å². The summed E-state index contributed by atoms with van der Waals surface area (Å²) in [5.41, 5.74) is 0. The number of halogens is 3. The highest BCUT2D eigenvalue weighted by Crippen LogP contribution is 2.44. The van der Waals surface area contributed by atoms with E-state index in [1.165, 1.54) is 0 Å². The van der Waals surface area contributed by atoms with E-state index in [1.807, 2.05) is 6.92 Å². The molecule has 0 aliphatic carbocycles. The van der Waals surface area contributed by atoms with Gasteiger partial charge >= 0.3 is 14.8 Å². The predicted octanol–water partition coefficient (Wildman–Crippen LogP) is 2.48. The summed E-state index contributed by atoms with van der Waals surface area (Å²) in [6.07, 6.45) is -4.32. The van der Waals surface area contributed by atoms with Crippen LogP contribution in [0.4, 0.5) is 13.2 Å². The van der Waals surface area contributed by atoms with Crippen molar-refractivity contribution in [2.24, 2.45) is 5.92 Å². The number of hydrogen-bond donors (Lipinski definition) is 0. The Morgan fingerprint density at radius 3 is 2.38 bits per heavy atom. The Hall–Kier alpha value is 0.100. The van der Waals surface area contributed by atoms with Crippen molar-refractivity contribution in [1.82, 2.24) is 0 Å². The molecular weight excluding hydrogens is 208 g/mol. The van der Waals surface area contributed by atoms with Gasteiger partial charge in [-0.05, 0) is 0 Å². The lowest BCUT2D eigenvalue weighted by molar-refractivity contribution is -0.157. The molecule has 7 heteroatoms. The molecular formula is C6H10F3O3P. The van der Waals surface area contributed by atoms with Crippen molar-refractivity contribution in [3.05, 3.63) is 0 Å². The van der Waals surface area contributed by atoms with Crippen molar-refractivity contribution in [2.75, 3.05) is 19.8 Å². The van der Waals surface area contributed by atoms with Gasteiger partial charge in [0, 0.05) is 5.92 Å². The first-order valence-corrected chi connectivity index (χ1v) is 4.82. The van der Waals surface area contributed by atoms with E-state index >= 15 is 0 Å². The van der Waals surface area contributed by atoms with Gasteiger partial charge in [0.1, 0.15) is 0 Å². The van der Waals surface area contributed by atoms with Gasteiger partial charge < -0.3 is 13.6 Å². The minimum atomic E-state index is -4.32. The SMILES string of the molecule is CC1COP(OCC(F)(F)F)OC1. The zero-order chi connectivity index (χ0) is 9.90. The van der Waals surface area contributed by atoms with Crippen molar-refractivity contribution in [3.8, 4) is 0 Å². The van der Waals surface area contributed by atoms with E-state index in [9.17, 15) is 13.2 Å². The fraction of sp³-hybridized carbons (Fsp3) is 1.00. The number of alkyl halides is 3. The van der Waals surface area contributed by atoms with Crippen molar-refractivity contribution < 1.29 is 26.7 Å². The molecule has 13 heavy (non-hydrogen) atoms. The van der Waals surface area contributed by atoms with E-state index in [0.717, 1.165) is 0 Å². The van der Waals surface area contributed by atoms with Crippen LogP contribution in [0.25, 0.3) is 0 Å². The maximum absolute atomic E-state index is 11.7. The lowest BCUT2D eigenvalue weighted by atomic mass is 10.2. The largest absolute Gasteiger partial charge is 0.412 e. The van der Waals surface area contributed by atoms with Crippen LogP contribution in [0.2, 0.25) is 0 Å². The molecule has 0 N–H and O–H groups in total. The number of hydrogen-bond acceptors (Lipinski definition) is 3. The smallest absolute Gasteiger partial charge is 0.312 e. The topological polar surface area (TPSA) is 27.7 Å². The van der Waals surface area contributed by atoms with Gasteiger partial charge in [-0.1, -0.05) is 6.92 Å². The highest BCUT2D eigenvalue weighted by Gasteiger charge is 2.32. The molecule has 0 aromatic carbocycles. The molecule has 0 atom stereocenters. The third-order valence-electron chi connectivity index (χ3n) is 1.26. The van der Waals surface area contributed by atoms with Crippen molar-refractivity contribution in [1.29, 1.82) is 0 Å². The fourth-order valence-electron chi connectivity index (χ4n) is 0.662. The van der Waals surface area contributed by atoms with Crippen LogP contribution in [-0.4, -0.2) is 26.0 Å². The van der Waals surface area contributed by atoms with Crippen molar-refractivity contribution in [3.63, 3.8) is 0 Å². The molecule has 1 saturated heterocycles. The van der Waals surface area contributed by atoms with E-state index in [2.05, 4.69) is 4.52 Å². The Morgan fingerprint density at radius 1 is 1.38 bits per heavy atom. The molecule has 0 aromatic heterocycles. The van der Waals surface area contributed by atoms with Gasteiger partial charge in [-0.25, -0.2) is 0 Å². The normalized spacial score (nSPS) is 30.5. The van der Waals surface area contributed by atoms with Crippen LogP contribution in [0.5, 0.6) is 0 Å².